The highest BCUT2D eigenvalue weighted by Gasteiger charge is 2.20. The van der Waals surface area contributed by atoms with Gasteiger partial charge in [-0.25, -0.2) is 4.79 Å². The minimum Gasteiger partial charge on any atom is -0.496 e. The first-order valence-electron chi connectivity index (χ1n) is 13.2. The number of carboxylic acid groups (broad SMARTS) is 1. The van der Waals surface area contributed by atoms with Crippen molar-refractivity contribution in [1.29, 1.82) is 5.41 Å². The van der Waals surface area contributed by atoms with Crippen molar-refractivity contribution in [2.24, 2.45) is 11.1 Å². The Morgan fingerprint density at radius 1 is 1.24 bits per heavy atom. The Hall–Kier alpha value is -3.38. The summed E-state index contributed by atoms with van der Waals surface area (Å²) in [6, 6.07) is 4.24. The van der Waals surface area contributed by atoms with E-state index in [9.17, 15) is 9.90 Å². The molecule has 38 heavy (non-hydrogen) atoms. The van der Waals surface area contributed by atoms with E-state index in [1.165, 1.54) is 6.21 Å². The maximum atomic E-state index is 11.6. The van der Waals surface area contributed by atoms with Gasteiger partial charge in [0.05, 0.1) is 12.7 Å². The van der Waals surface area contributed by atoms with Gasteiger partial charge >= 0.3 is 5.97 Å². The zero-order valence-corrected chi connectivity index (χ0v) is 24.3. The van der Waals surface area contributed by atoms with Crippen LogP contribution in [0.25, 0.3) is 11.1 Å². The minimum atomic E-state index is -1.01. The van der Waals surface area contributed by atoms with E-state index in [0.717, 1.165) is 47.1 Å². The Morgan fingerprint density at radius 2 is 1.89 bits per heavy atom. The van der Waals surface area contributed by atoms with Crippen LogP contribution in [0.4, 0.5) is 0 Å². The smallest absolute Gasteiger partial charge is 0.335 e. The molecule has 1 aromatic rings. The second kappa shape index (κ2) is 15.1. The van der Waals surface area contributed by atoms with Gasteiger partial charge in [0.15, 0.2) is 0 Å². The SMILES string of the molecule is C=C(/C=C(\C)c1cc(OC)c(/C(C=N)=C/NC(CCC)CCN)cc1CC(=C)C(C)(C)C)/C(=C\C)C(=O)O. The second-order valence-electron chi connectivity index (χ2n) is 10.6. The highest BCUT2D eigenvalue weighted by atomic mass is 16.5. The Kier molecular flexibility index (Phi) is 13.0. The molecule has 0 aromatic heterocycles. The van der Waals surface area contributed by atoms with E-state index in [2.05, 4.69) is 52.2 Å². The van der Waals surface area contributed by atoms with Crippen molar-refractivity contribution in [2.75, 3.05) is 13.7 Å². The van der Waals surface area contributed by atoms with Crippen molar-refractivity contribution in [3.05, 3.63) is 77.1 Å². The van der Waals surface area contributed by atoms with Gasteiger partial charge < -0.3 is 26.3 Å². The number of nitrogens with one attached hydrogen (secondary N) is 2. The third kappa shape index (κ3) is 9.18. The van der Waals surface area contributed by atoms with Crippen molar-refractivity contribution < 1.29 is 14.6 Å². The number of hydrogen-bond acceptors (Lipinski definition) is 5. The van der Waals surface area contributed by atoms with Crippen LogP contribution >= 0.6 is 0 Å². The number of allylic oxidation sites excluding steroid dienone is 5. The number of aliphatic carboxylic acids is 1. The van der Waals surface area contributed by atoms with Gasteiger partial charge in [-0.1, -0.05) is 65.0 Å². The molecule has 208 valence electrons. The number of ether oxygens (including phenoxy) is 1. The van der Waals surface area contributed by atoms with E-state index in [1.54, 1.807) is 26.2 Å². The predicted octanol–water partition coefficient (Wildman–Crippen LogP) is 6.93. The van der Waals surface area contributed by atoms with Gasteiger partial charge in [-0.15, -0.1) is 0 Å². The molecule has 0 radical (unpaired) electrons. The molecular formula is C32H47N3O3. The summed E-state index contributed by atoms with van der Waals surface area (Å²) in [5.41, 5.74) is 11.6. The highest BCUT2D eigenvalue weighted by Crippen LogP contribution is 2.36. The molecule has 0 aliphatic rings. The Balaban J connectivity index is 3.76. The molecule has 0 spiro atoms. The van der Waals surface area contributed by atoms with Gasteiger partial charge in [-0.05, 0) is 79.5 Å². The molecule has 6 heteroatoms. The Labute approximate surface area is 229 Å². The molecule has 0 bridgehead atoms. The predicted molar refractivity (Wildman–Crippen MR) is 162 cm³/mol. The van der Waals surface area contributed by atoms with Crippen LogP contribution in [0.2, 0.25) is 0 Å². The van der Waals surface area contributed by atoms with E-state index >= 15 is 0 Å². The number of carbonyl (C=O) groups is 1. The van der Waals surface area contributed by atoms with Gasteiger partial charge in [0.25, 0.3) is 0 Å². The lowest BCUT2D eigenvalue weighted by Crippen LogP contribution is -2.27. The normalized spacial score (nSPS) is 13.6. The van der Waals surface area contributed by atoms with Gasteiger partial charge in [0.1, 0.15) is 5.75 Å². The molecule has 0 fully saturated rings. The fraction of sp³-hybridized carbons (Fsp3) is 0.438. The topological polar surface area (TPSA) is 108 Å². The summed E-state index contributed by atoms with van der Waals surface area (Å²) in [7, 11) is 1.61. The quantitative estimate of drug-likeness (QED) is 0.0866. The molecular weight excluding hydrogens is 474 g/mol. The fourth-order valence-electron chi connectivity index (χ4n) is 4.16. The van der Waals surface area contributed by atoms with Gasteiger partial charge in [0.2, 0.25) is 0 Å². The molecule has 5 N–H and O–H groups in total. The summed E-state index contributed by atoms with van der Waals surface area (Å²) >= 11 is 0. The molecule has 0 aliphatic carbocycles. The lowest BCUT2D eigenvalue weighted by Gasteiger charge is -2.24. The van der Waals surface area contributed by atoms with E-state index in [-0.39, 0.29) is 17.0 Å². The largest absolute Gasteiger partial charge is 0.496 e. The van der Waals surface area contributed by atoms with Crippen LogP contribution in [0.1, 0.15) is 77.5 Å². The molecule has 1 atom stereocenters. The third-order valence-electron chi connectivity index (χ3n) is 6.66. The standard InChI is InChI=1S/C32H47N3O3/c1-10-12-26(13-14-33)35-20-25(19-34)29-17-24(16-23(5)32(6,7)8)28(18-30(29)38-9)22(4)15-21(3)27(11-2)31(36)37/h11,15,17-20,26,34-35H,3,5,10,12-14,16,33H2,1-2,4,6-9H3,(H,36,37)/b22-15+,25-20+,27-11+,34-19?. The summed E-state index contributed by atoms with van der Waals surface area (Å²) < 4.78 is 5.79. The van der Waals surface area contributed by atoms with Crippen molar-refractivity contribution in [1.82, 2.24) is 5.32 Å². The van der Waals surface area contributed by atoms with Crippen LogP contribution in [-0.2, 0) is 11.2 Å². The first-order valence-corrected chi connectivity index (χ1v) is 13.2. The van der Waals surface area contributed by atoms with Crippen LogP contribution in [0.5, 0.6) is 5.75 Å². The first-order chi connectivity index (χ1) is 17.8. The maximum Gasteiger partial charge on any atom is 0.335 e. The molecule has 0 aliphatic heterocycles. The summed E-state index contributed by atoms with van der Waals surface area (Å²) in [4.78, 5) is 11.6. The van der Waals surface area contributed by atoms with Crippen LogP contribution in [0, 0.1) is 10.8 Å². The third-order valence-corrected chi connectivity index (χ3v) is 6.66. The maximum absolute atomic E-state index is 11.6. The minimum absolute atomic E-state index is 0.0998. The number of nitrogens with two attached hydrogens (primary N) is 1. The average Bonchev–Trinajstić information content (AvgIpc) is 2.84. The summed E-state index contributed by atoms with van der Waals surface area (Å²) in [5, 5.41) is 21.1. The molecule has 1 unspecified atom stereocenters. The van der Waals surface area contributed by atoms with Gasteiger partial charge in [0, 0.05) is 29.6 Å². The van der Waals surface area contributed by atoms with Crippen LogP contribution in [0.3, 0.4) is 0 Å². The van der Waals surface area contributed by atoms with E-state index in [4.69, 9.17) is 15.9 Å². The lowest BCUT2D eigenvalue weighted by molar-refractivity contribution is -0.132. The Bertz CT molecular complexity index is 1110. The van der Waals surface area contributed by atoms with Crippen molar-refractivity contribution in [3.63, 3.8) is 0 Å². The van der Waals surface area contributed by atoms with Crippen molar-refractivity contribution >= 4 is 23.3 Å². The number of carboxylic acids is 1. The summed E-state index contributed by atoms with van der Waals surface area (Å²) in [6.07, 6.45) is 10.0. The van der Waals surface area contributed by atoms with E-state index < -0.39 is 5.97 Å². The average molecular weight is 522 g/mol. The molecule has 6 nitrogen and oxygen atoms in total. The van der Waals surface area contributed by atoms with Crippen molar-refractivity contribution in [2.45, 2.75) is 73.3 Å². The second-order valence-corrected chi connectivity index (χ2v) is 10.6. The number of rotatable bonds is 15. The number of benzene rings is 1. The molecule has 0 heterocycles. The molecule has 0 amide bonds. The molecule has 1 aromatic carbocycles. The van der Waals surface area contributed by atoms with Crippen LogP contribution in [-0.4, -0.2) is 37.0 Å². The van der Waals surface area contributed by atoms with Crippen LogP contribution < -0.4 is 15.8 Å². The zero-order valence-electron chi connectivity index (χ0n) is 24.3. The number of hydrogen-bond donors (Lipinski definition) is 4. The monoisotopic (exact) mass is 521 g/mol. The van der Waals surface area contributed by atoms with Gasteiger partial charge in [-0.2, -0.15) is 0 Å². The highest BCUT2D eigenvalue weighted by molar-refractivity contribution is 6.09. The molecule has 0 saturated carbocycles. The summed E-state index contributed by atoms with van der Waals surface area (Å²) in [6.45, 7) is 21.1. The van der Waals surface area contributed by atoms with E-state index in [1.807, 2.05) is 19.2 Å². The Morgan fingerprint density at radius 3 is 2.37 bits per heavy atom. The van der Waals surface area contributed by atoms with Gasteiger partial charge in [-0.3, -0.25) is 0 Å². The number of methoxy groups -OCH3 is 1. The zero-order chi connectivity index (χ0) is 29.0. The van der Waals surface area contributed by atoms with Crippen molar-refractivity contribution in [3.8, 4) is 5.75 Å². The fourth-order valence-corrected chi connectivity index (χ4v) is 4.16. The molecule has 1 rings (SSSR count). The first kappa shape index (κ1) is 32.6. The van der Waals surface area contributed by atoms with Crippen LogP contribution in [0.15, 0.2) is 60.4 Å². The summed E-state index contributed by atoms with van der Waals surface area (Å²) in [5.74, 6) is -0.393. The van der Waals surface area contributed by atoms with E-state index in [0.29, 0.717) is 29.9 Å². The molecule has 0 saturated heterocycles. The lowest BCUT2D eigenvalue weighted by atomic mass is 9.81.